The van der Waals surface area contributed by atoms with E-state index in [-0.39, 0.29) is 11.5 Å². The van der Waals surface area contributed by atoms with E-state index in [0.29, 0.717) is 5.56 Å². The molecule has 5 heteroatoms. The van der Waals surface area contributed by atoms with Gasteiger partial charge in [-0.3, -0.25) is 0 Å². The Balaban J connectivity index is 3.29. The zero-order valence-corrected chi connectivity index (χ0v) is 11.0. The minimum atomic E-state index is -1.04. The van der Waals surface area contributed by atoms with Gasteiger partial charge >= 0.3 is 5.97 Å². The molecule has 5 nitrogen and oxygen atoms in total. The van der Waals surface area contributed by atoms with Crippen molar-refractivity contribution in [1.29, 1.82) is 0 Å². The highest BCUT2D eigenvalue weighted by Crippen LogP contribution is 2.18. The Morgan fingerprint density at radius 3 is 2.39 bits per heavy atom. The molecule has 0 amide bonds. The lowest BCUT2D eigenvalue weighted by Crippen LogP contribution is -2.26. The lowest BCUT2D eigenvalue weighted by Gasteiger charge is -2.22. The Hall–Kier alpha value is -2.04. The standard InChI is InChI=1S/C13H18N2O3/c1-8-5-6-9(12(16)17)10(7-8)11(15-14)18-13(2,3)4/h5-7H,14H2,1-4H3,(H,16,17)/b15-11-. The molecule has 1 aromatic rings. The number of aromatic carboxylic acids is 1. The molecule has 0 saturated carbocycles. The van der Waals surface area contributed by atoms with Crippen LogP contribution >= 0.6 is 0 Å². The summed E-state index contributed by atoms with van der Waals surface area (Å²) in [5, 5.41) is 12.7. The van der Waals surface area contributed by atoms with Crippen LogP contribution in [0.2, 0.25) is 0 Å². The van der Waals surface area contributed by atoms with E-state index in [1.807, 2.05) is 27.7 Å². The molecule has 1 aromatic carbocycles. The summed E-state index contributed by atoms with van der Waals surface area (Å²) < 4.78 is 5.58. The van der Waals surface area contributed by atoms with E-state index in [2.05, 4.69) is 5.10 Å². The van der Waals surface area contributed by atoms with Crippen molar-refractivity contribution in [2.75, 3.05) is 0 Å². The summed E-state index contributed by atoms with van der Waals surface area (Å²) >= 11 is 0. The normalized spacial score (nSPS) is 12.3. The minimum absolute atomic E-state index is 0.119. The highest BCUT2D eigenvalue weighted by Gasteiger charge is 2.21. The monoisotopic (exact) mass is 250 g/mol. The molecule has 0 aromatic heterocycles. The van der Waals surface area contributed by atoms with Crippen molar-refractivity contribution in [2.45, 2.75) is 33.3 Å². The molecule has 0 aliphatic heterocycles. The van der Waals surface area contributed by atoms with Gasteiger partial charge in [0, 0.05) is 0 Å². The molecule has 0 aliphatic rings. The molecule has 0 aliphatic carbocycles. The molecule has 0 fully saturated rings. The van der Waals surface area contributed by atoms with Gasteiger partial charge in [0.15, 0.2) is 0 Å². The fourth-order valence-electron chi connectivity index (χ4n) is 1.46. The largest absolute Gasteiger partial charge is 0.478 e. The number of ether oxygens (including phenoxy) is 1. The van der Waals surface area contributed by atoms with Crippen molar-refractivity contribution in [3.8, 4) is 0 Å². The first-order valence-electron chi connectivity index (χ1n) is 5.56. The summed E-state index contributed by atoms with van der Waals surface area (Å²) in [6.45, 7) is 7.39. The number of carboxylic acids is 1. The maximum absolute atomic E-state index is 11.2. The molecule has 18 heavy (non-hydrogen) atoms. The zero-order chi connectivity index (χ0) is 13.9. The number of nitrogens with zero attached hydrogens (tertiary/aromatic N) is 1. The van der Waals surface area contributed by atoms with E-state index < -0.39 is 11.6 Å². The van der Waals surface area contributed by atoms with E-state index >= 15 is 0 Å². The second-order valence-corrected chi connectivity index (χ2v) is 5.00. The Kier molecular flexibility index (Phi) is 3.96. The first-order valence-corrected chi connectivity index (χ1v) is 5.56. The summed E-state index contributed by atoms with van der Waals surface area (Å²) in [7, 11) is 0. The minimum Gasteiger partial charge on any atom is -0.478 e. The van der Waals surface area contributed by atoms with Crippen molar-refractivity contribution in [3.05, 3.63) is 34.9 Å². The topological polar surface area (TPSA) is 84.9 Å². The van der Waals surface area contributed by atoms with Crippen molar-refractivity contribution in [3.63, 3.8) is 0 Å². The van der Waals surface area contributed by atoms with Gasteiger partial charge in [-0.05, 0) is 39.8 Å². The van der Waals surface area contributed by atoms with E-state index in [1.165, 1.54) is 6.07 Å². The van der Waals surface area contributed by atoms with E-state index in [0.717, 1.165) is 5.56 Å². The third-order valence-electron chi connectivity index (χ3n) is 2.16. The molecule has 0 spiro atoms. The van der Waals surface area contributed by atoms with Crippen LogP contribution in [0, 0.1) is 6.92 Å². The maximum atomic E-state index is 11.2. The Morgan fingerprint density at radius 1 is 1.33 bits per heavy atom. The van der Waals surface area contributed by atoms with Gasteiger partial charge in [-0.2, -0.15) is 0 Å². The zero-order valence-electron chi connectivity index (χ0n) is 11.0. The highest BCUT2D eigenvalue weighted by molar-refractivity contribution is 6.04. The number of benzene rings is 1. The number of hydrazone groups is 1. The third kappa shape index (κ3) is 3.48. The smallest absolute Gasteiger partial charge is 0.336 e. The van der Waals surface area contributed by atoms with Crippen molar-refractivity contribution >= 4 is 11.9 Å². The highest BCUT2D eigenvalue weighted by atomic mass is 16.5. The van der Waals surface area contributed by atoms with Crippen LogP contribution in [0.25, 0.3) is 0 Å². The number of hydrogen-bond acceptors (Lipinski definition) is 4. The quantitative estimate of drug-likeness (QED) is 0.364. The van der Waals surface area contributed by atoms with Gasteiger partial charge in [-0.1, -0.05) is 11.6 Å². The molecule has 0 atom stereocenters. The van der Waals surface area contributed by atoms with Crippen LogP contribution in [0.1, 0.15) is 42.3 Å². The Bertz CT molecular complexity index is 487. The molecule has 1 rings (SSSR count). The summed E-state index contributed by atoms with van der Waals surface area (Å²) in [5.41, 5.74) is 0.917. The van der Waals surface area contributed by atoms with Crippen LogP contribution < -0.4 is 5.84 Å². The molecule has 0 heterocycles. The van der Waals surface area contributed by atoms with Gasteiger partial charge in [0.1, 0.15) is 5.60 Å². The number of carboxylic acid groups (broad SMARTS) is 1. The Labute approximate surface area is 106 Å². The molecular formula is C13H18N2O3. The van der Waals surface area contributed by atoms with Crippen LogP contribution in [-0.4, -0.2) is 22.6 Å². The number of hydrogen-bond donors (Lipinski definition) is 2. The summed E-state index contributed by atoms with van der Waals surface area (Å²) in [5.74, 6) is 4.39. The average molecular weight is 250 g/mol. The van der Waals surface area contributed by atoms with Gasteiger partial charge in [0.25, 0.3) is 0 Å². The molecule has 98 valence electrons. The van der Waals surface area contributed by atoms with Crippen LogP contribution in [0.4, 0.5) is 0 Å². The van der Waals surface area contributed by atoms with Gasteiger partial charge in [-0.15, -0.1) is 5.10 Å². The number of aryl methyl sites for hydroxylation is 1. The number of rotatable bonds is 2. The predicted octanol–water partition coefficient (Wildman–Crippen LogP) is 2.13. The second-order valence-electron chi connectivity index (χ2n) is 5.00. The van der Waals surface area contributed by atoms with Crippen LogP contribution in [0.3, 0.4) is 0 Å². The van der Waals surface area contributed by atoms with E-state index in [4.69, 9.17) is 15.7 Å². The molecule has 3 N–H and O–H groups in total. The molecule has 0 unspecified atom stereocenters. The maximum Gasteiger partial charge on any atom is 0.336 e. The van der Waals surface area contributed by atoms with Gasteiger partial charge in [0.05, 0.1) is 11.1 Å². The molecule has 0 bridgehead atoms. The van der Waals surface area contributed by atoms with E-state index in [9.17, 15) is 4.79 Å². The lowest BCUT2D eigenvalue weighted by atomic mass is 10.0. The summed E-state index contributed by atoms with van der Waals surface area (Å²) in [6, 6.07) is 4.93. The van der Waals surface area contributed by atoms with Crippen molar-refractivity contribution in [2.24, 2.45) is 10.9 Å². The molecular weight excluding hydrogens is 232 g/mol. The molecule has 0 radical (unpaired) electrons. The first kappa shape index (κ1) is 14.0. The predicted molar refractivity (Wildman–Crippen MR) is 69.7 cm³/mol. The van der Waals surface area contributed by atoms with Crippen molar-refractivity contribution in [1.82, 2.24) is 0 Å². The third-order valence-corrected chi connectivity index (χ3v) is 2.16. The summed E-state index contributed by atoms with van der Waals surface area (Å²) in [4.78, 5) is 11.2. The van der Waals surface area contributed by atoms with Gasteiger partial charge in [0.2, 0.25) is 5.90 Å². The van der Waals surface area contributed by atoms with Gasteiger partial charge in [-0.25, -0.2) is 4.79 Å². The fourth-order valence-corrected chi connectivity index (χ4v) is 1.46. The van der Waals surface area contributed by atoms with Crippen molar-refractivity contribution < 1.29 is 14.6 Å². The SMILES string of the molecule is Cc1ccc(C(=O)O)c(/C(=N/N)OC(C)(C)C)c1. The summed E-state index contributed by atoms with van der Waals surface area (Å²) in [6.07, 6.45) is 0. The van der Waals surface area contributed by atoms with Crippen LogP contribution in [-0.2, 0) is 4.74 Å². The average Bonchev–Trinajstić information content (AvgIpc) is 2.24. The van der Waals surface area contributed by atoms with Gasteiger partial charge < -0.3 is 15.7 Å². The number of nitrogens with two attached hydrogens (primary N) is 1. The first-order chi connectivity index (χ1) is 8.24. The van der Waals surface area contributed by atoms with Crippen LogP contribution in [0.15, 0.2) is 23.3 Å². The lowest BCUT2D eigenvalue weighted by molar-refractivity contribution is 0.0694. The number of carbonyl (C=O) groups is 1. The fraction of sp³-hybridized carbons (Fsp3) is 0.385. The second kappa shape index (κ2) is 5.08. The Morgan fingerprint density at radius 2 is 1.94 bits per heavy atom. The van der Waals surface area contributed by atoms with E-state index in [1.54, 1.807) is 12.1 Å². The van der Waals surface area contributed by atoms with Crippen LogP contribution in [0.5, 0.6) is 0 Å². The molecule has 0 saturated heterocycles.